The van der Waals surface area contributed by atoms with E-state index < -0.39 is 49.0 Å². The molecule has 0 aromatic rings. The number of hydrogen-bond acceptors (Lipinski definition) is 7. The first-order valence-electron chi connectivity index (χ1n) is 8.12. The quantitative estimate of drug-likeness (QED) is 0.399. The van der Waals surface area contributed by atoms with Gasteiger partial charge in [-0.05, 0) is 19.3 Å². The molecule has 3 rings (SSSR count). The van der Waals surface area contributed by atoms with Crippen molar-refractivity contribution in [3.05, 3.63) is 11.6 Å². The van der Waals surface area contributed by atoms with Gasteiger partial charge in [-0.15, -0.1) is 0 Å². The number of hydrogen-bond donors (Lipinski definition) is 4. The zero-order valence-corrected chi connectivity index (χ0v) is 13.6. The van der Waals surface area contributed by atoms with E-state index in [4.69, 9.17) is 14.2 Å². The van der Waals surface area contributed by atoms with Crippen molar-refractivity contribution >= 4 is 0 Å². The van der Waals surface area contributed by atoms with Gasteiger partial charge in [-0.2, -0.15) is 0 Å². The molecule has 4 N–H and O–H groups in total. The third-order valence-corrected chi connectivity index (χ3v) is 5.21. The molecular weight excluding hydrogens is 304 g/mol. The molecule has 0 saturated carbocycles. The average Bonchev–Trinajstić information content (AvgIpc) is 3.23. The SMILES string of the molecule is CC1=CC(O[C@@H]2O[C@H](CO)[C@@H](O)[C@H](O)[C@H]2O)C2(C(C)C)OC2C1. The van der Waals surface area contributed by atoms with E-state index >= 15 is 0 Å². The minimum Gasteiger partial charge on any atom is -0.394 e. The van der Waals surface area contributed by atoms with E-state index in [-0.39, 0.29) is 12.0 Å². The van der Waals surface area contributed by atoms with Gasteiger partial charge in [0.15, 0.2) is 6.29 Å². The fraction of sp³-hybridized carbons (Fsp3) is 0.875. The first-order chi connectivity index (χ1) is 10.8. The molecular formula is C16H26O7. The van der Waals surface area contributed by atoms with Gasteiger partial charge in [0.25, 0.3) is 0 Å². The second kappa shape index (κ2) is 6.07. The fourth-order valence-corrected chi connectivity index (χ4v) is 3.72. The lowest BCUT2D eigenvalue weighted by molar-refractivity contribution is -0.312. The molecule has 8 atom stereocenters. The predicted molar refractivity (Wildman–Crippen MR) is 79.5 cm³/mol. The van der Waals surface area contributed by atoms with Gasteiger partial charge in [-0.3, -0.25) is 0 Å². The zero-order valence-electron chi connectivity index (χ0n) is 13.6. The van der Waals surface area contributed by atoms with Crippen LogP contribution in [-0.4, -0.2) is 75.5 Å². The van der Waals surface area contributed by atoms with Gasteiger partial charge in [-0.1, -0.05) is 25.5 Å². The molecule has 7 heteroatoms. The van der Waals surface area contributed by atoms with Crippen LogP contribution in [0.4, 0.5) is 0 Å². The van der Waals surface area contributed by atoms with Gasteiger partial charge in [0.05, 0.1) is 12.7 Å². The summed E-state index contributed by atoms with van der Waals surface area (Å²) in [4.78, 5) is 0. The summed E-state index contributed by atoms with van der Waals surface area (Å²) in [6.45, 7) is 5.63. The average molecular weight is 330 g/mol. The van der Waals surface area contributed by atoms with Crippen molar-refractivity contribution < 1.29 is 34.6 Å². The standard InChI is InChI=1S/C16H26O7/c1-7(2)16-10(4-8(3)5-11(16)23-16)22-15-14(20)13(19)12(18)9(6-17)21-15/h4,7,9-15,17-20H,5-6H2,1-3H3/t9-,10?,11?,12-,13+,14-,15+,16?/m1/s1. The Bertz CT molecular complexity index is 477. The van der Waals surface area contributed by atoms with E-state index in [0.29, 0.717) is 0 Å². The number of rotatable bonds is 4. The van der Waals surface area contributed by atoms with Gasteiger partial charge >= 0.3 is 0 Å². The lowest BCUT2D eigenvalue weighted by Crippen LogP contribution is -2.60. The van der Waals surface area contributed by atoms with E-state index in [9.17, 15) is 20.4 Å². The molecule has 0 aromatic carbocycles. The number of aliphatic hydroxyl groups excluding tert-OH is 4. The van der Waals surface area contributed by atoms with Gasteiger partial charge in [0.2, 0.25) is 0 Å². The largest absolute Gasteiger partial charge is 0.394 e. The highest BCUT2D eigenvalue weighted by Gasteiger charge is 2.65. The third kappa shape index (κ3) is 2.74. The Hall–Kier alpha value is -0.540. The van der Waals surface area contributed by atoms with E-state index in [2.05, 4.69) is 13.8 Å². The van der Waals surface area contributed by atoms with Crippen molar-refractivity contribution in [3.63, 3.8) is 0 Å². The van der Waals surface area contributed by atoms with Crippen LogP contribution in [-0.2, 0) is 14.2 Å². The topological polar surface area (TPSA) is 112 Å². The van der Waals surface area contributed by atoms with Crippen LogP contribution in [0.1, 0.15) is 27.2 Å². The smallest absolute Gasteiger partial charge is 0.187 e. The Morgan fingerprint density at radius 1 is 1.26 bits per heavy atom. The molecule has 23 heavy (non-hydrogen) atoms. The molecule has 2 saturated heterocycles. The Morgan fingerprint density at radius 3 is 2.57 bits per heavy atom. The van der Waals surface area contributed by atoms with E-state index in [1.165, 1.54) is 0 Å². The molecule has 2 aliphatic heterocycles. The molecule has 3 aliphatic rings. The Balaban J connectivity index is 1.78. The van der Waals surface area contributed by atoms with Crippen molar-refractivity contribution in [2.24, 2.45) is 5.92 Å². The van der Waals surface area contributed by atoms with Crippen LogP contribution in [0.3, 0.4) is 0 Å². The summed E-state index contributed by atoms with van der Waals surface area (Å²) in [5, 5.41) is 39.1. The van der Waals surface area contributed by atoms with Crippen molar-refractivity contribution in [1.29, 1.82) is 0 Å². The molecule has 0 radical (unpaired) electrons. The molecule has 7 nitrogen and oxygen atoms in total. The van der Waals surface area contributed by atoms with Crippen molar-refractivity contribution in [3.8, 4) is 0 Å². The van der Waals surface area contributed by atoms with Crippen LogP contribution < -0.4 is 0 Å². The number of ether oxygens (including phenoxy) is 3. The monoisotopic (exact) mass is 330 g/mol. The van der Waals surface area contributed by atoms with Gasteiger partial charge in [0, 0.05) is 0 Å². The summed E-state index contributed by atoms with van der Waals surface area (Å²) in [6, 6.07) is 0. The van der Waals surface area contributed by atoms with Gasteiger partial charge < -0.3 is 34.6 Å². The summed E-state index contributed by atoms with van der Waals surface area (Å²) in [5.41, 5.74) is 0.691. The summed E-state index contributed by atoms with van der Waals surface area (Å²) in [5.74, 6) is 0.215. The molecule has 0 aromatic heterocycles. The molecule has 0 bridgehead atoms. The number of epoxide rings is 1. The van der Waals surface area contributed by atoms with Crippen LogP contribution in [0.15, 0.2) is 11.6 Å². The Kier molecular flexibility index (Phi) is 4.57. The number of aliphatic hydroxyl groups is 4. The molecule has 2 fully saturated rings. The summed E-state index contributed by atoms with van der Waals surface area (Å²) in [6.07, 6.45) is -3.85. The van der Waals surface area contributed by atoms with Gasteiger partial charge in [0.1, 0.15) is 36.1 Å². The summed E-state index contributed by atoms with van der Waals surface area (Å²) in [7, 11) is 0. The van der Waals surface area contributed by atoms with E-state index in [1.807, 2.05) is 13.0 Å². The fourth-order valence-electron chi connectivity index (χ4n) is 3.72. The van der Waals surface area contributed by atoms with E-state index in [1.54, 1.807) is 0 Å². The first-order valence-corrected chi connectivity index (χ1v) is 8.12. The highest BCUT2D eigenvalue weighted by molar-refractivity contribution is 5.26. The molecule has 1 aliphatic carbocycles. The molecule has 0 spiro atoms. The van der Waals surface area contributed by atoms with Gasteiger partial charge in [-0.25, -0.2) is 0 Å². The van der Waals surface area contributed by atoms with Crippen LogP contribution in [0.2, 0.25) is 0 Å². The van der Waals surface area contributed by atoms with Crippen molar-refractivity contribution in [1.82, 2.24) is 0 Å². The predicted octanol–water partition coefficient (Wildman–Crippen LogP) is -0.685. The third-order valence-electron chi connectivity index (χ3n) is 5.21. The minimum atomic E-state index is -1.44. The van der Waals surface area contributed by atoms with Crippen LogP contribution in [0.5, 0.6) is 0 Å². The molecule has 3 unspecified atom stereocenters. The maximum absolute atomic E-state index is 10.1. The second-order valence-electron chi connectivity index (χ2n) is 7.09. The zero-order chi connectivity index (χ0) is 16.9. The molecule has 132 valence electrons. The Labute approximate surface area is 135 Å². The summed E-state index contributed by atoms with van der Waals surface area (Å²) < 4.78 is 17.3. The van der Waals surface area contributed by atoms with E-state index in [0.717, 1.165) is 12.0 Å². The maximum Gasteiger partial charge on any atom is 0.187 e. The highest BCUT2D eigenvalue weighted by Crippen LogP contribution is 2.53. The minimum absolute atomic E-state index is 0.0855. The Morgan fingerprint density at radius 2 is 1.96 bits per heavy atom. The lowest BCUT2D eigenvalue weighted by atomic mass is 9.80. The van der Waals surface area contributed by atoms with Crippen LogP contribution >= 0.6 is 0 Å². The van der Waals surface area contributed by atoms with Crippen LogP contribution in [0, 0.1) is 5.92 Å². The number of fused-ring (bicyclic) bond motifs is 1. The first kappa shape index (κ1) is 17.3. The summed E-state index contributed by atoms with van der Waals surface area (Å²) >= 11 is 0. The highest BCUT2D eigenvalue weighted by atomic mass is 16.7. The van der Waals surface area contributed by atoms with Crippen molar-refractivity contribution in [2.45, 2.75) is 75.7 Å². The lowest BCUT2D eigenvalue weighted by Gasteiger charge is -2.42. The molecule has 0 amide bonds. The normalized spacial score (nSPS) is 49.7. The second-order valence-corrected chi connectivity index (χ2v) is 7.09. The van der Waals surface area contributed by atoms with Crippen LogP contribution in [0.25, 0.3) is 0 Å². The molecule has 2 heterocycles. The van der Waals surface area contributed by atoms with Crippen molar-refractivity contribution in [2.75, 3.05) is 6.61 Å². The maximum atomic E-state index is 10.1.